The Morgan fingerprint density at radius 2 is 2.40 bits per heavy atom. The van der Waals surface area contributed by atoms with Crippen LogP contribution in [0.2, 0.25) is 0 Å². The second-order valence-corrected chi connectivity index (χ2v) is 6.44. The molecule has 3 atom stereocenters. The van der Waals surface area contributed by atoms with Gasteiger partial charge in [-0.2, -0.15) is 0 Å². The van der Waals surface area contributed by atoms with Gasteiger partial charge in [-0.25, -0.2) is 0 Å². The molecule has 0 amide bonds. The first-order valence-corrected chi connectivity index (χ1v) is 7.74. The minimum absolute atomic E-state index is 0.110. The predicted molar refractivity (Wildman–Crippen MR) is 76.3 cm³/mol. The zero-order valence-corrected chi connectivity index (χ0v) is 12.1. The van der Waals surface area contributed by atoms with Gasteiger partial charge in [0, 0.05) is 17.5 Å². The Kier molecular flexibility index (Phi) is 3.66. The van der Waals surface area contributed by atoms with Gasteiger partial charge in [-0.1, -0.05) is 0 Å². The first-order valence-electron chi connectivity index (χ1n) is 6.92. The van der Waals surface area contributed by atoms with Gasteiger partial charge in [0.15, 0.2) is 5.00 Å². The Balaban J connectivity index is 1.97. The highest BCUT2D eigenvalue weighted by Gasteiger charge is 2.39. The van der Waals surface area contributed by atoms with Crippen molar-refractivity contribution >= 4 is 22.0 Å². The third kappa shape index (κ3) is 2.30. The van der Waals surface area contributed by atoms with Gasteiger partial charge in [0.2, 0.25) is 0 Å². The molecular formula is C13H18N2O4S. The Hall–Kier alpha value is -1.18. The molecular weight excluding hydrogens is 280 g/mol. The van der Waals surface area contributed by atoms with E-state index in [-0.39, 0.29) is 22.8 Å². The number of nitrogens with zero attached hydrogens (tertiary/aromatic N) is 2. The highest BCUT2D eigenvalue weighted by atomic mass is 32.1. The molecule has 1 saturated heterocycles. The standard InChI is InChI=1S/C13H18N2O4S/c1-8(16)12-7-10(15(17)18)13(20-12)14-5-6-19-11-4-2-3-9(11)14/h7-9,11,16H,2-6H2,1H3. The highest BCUT2D eigenvalue weighted by molar-refractivity contribution is 7.16. The maximum Gasteiger partial charge on any atom is 0.304 e. The summed E-state index contributed by atoms with van der Waals surface area (Å²) >= 11 is 1.33. The minimum atomic E-state index is -0.673. The summed E-state index contributed by atoms with van der Waals surface area (Å²) in [4.78, 5) is 13.7. The maximum atomic E-state index is 11.3. The van der Waals surface area contributed by atoms with E-state index in [0.717, 1.165) is 19.3 Å². The molecule has 2 aliphatic rings. The Labute approximate surface area is 121 Å². The molecule has 1 N–H and O–H groups in total. The van der Waals surface area contributed by atoms with Crippen molar-refractivity contribution in [3.8, 4) is 0 Å². The van der Waals surface area contributed by atoms with Crippen molar-refractivity contribution < 1.29 is 14.8 Å². The summed E-state index contributed by atoms with van der Waals surface area (Å²) in [5.41, 5.74) is 0.110. The fraction of sp³-hybridized carbons (Fsp3) is 0.692. The summed E-state index contributed by atoms with van der Waals surface area (Å²) < 4.78 is 5.75. The Morgan fingerprint density at radius 1 is 1.60 bits per heavy atom. The monoisotopic (exact) mass is 298 g/mol. The number of ether oxygens (including phenoxy) is 1. The number of morpholine rings is 1. The van der Waals surface area contributed by atoms with Gasteiger partial charge in [-0.3, -0.25) is 10.1 Å². The molecule has 2 heterocycles. The summed E-state index contributed by atoms with van der Waals surface area (Å²) in [7, 11) is 0. The first kappa shape index (κ1) is 13.8. The molecule has 3 unspecified atom stereocenters. The van der Waals surface area contributed by atoms with Crippen LogP contribution in [0, 0.1) is 10.1 Å². The van der Waals surface area contributed by atoms with E-state index in [1.165, 1.54) is 17.4 Å². The first-order chi connectivity index (χ1) is 9.58. The van der Waals surface area contributed by atoms with E-state index < -0.39 is 6.10 Å². The van der Waals surface area contributed by atoms with Crippen LogP contribution < -0.4 is 4.90 Å². The molecule has 0 spiro atoms. The van der Waals surface area contributed by atoms with Crippen LogP contribution in [0.25, 0.3) is 0 Å². The predicted octanol–water partition coefficient (Wildman–Crippen LogP) is 2.47. The number of aliphatic hydroxyl groups excluding tert-OH is 1. The fourth-order valence-corrected chi connectivity index (χ4v) is 4.26. The van der Waals surface area contributed by atoms with Crippen LogP contribution in [0.1, 0.15) is 37.2 Å². The van der Waals surface area contributed by atoms with Crippen LogP contribution in [-0.2, 0) is 4.74 Å². The van der Waals surface area contributed by atoms with Crippen molar-refractivity contribution in [3.63, 3.8) is 0 Å². The summed E-state index contributed by atoms with van der Waals surface area (Å²) in [5, 5.41) is 21.6. The van der Waals surface area contributed by atoms with E-state index in [0.29, 0.717) is 23.0 Å². The average molecular weight is 298 g/mol. The van der Waals surface area contributed by atoms with Crippen LogP contribution >= 0.6 is 11.3 Å². The maximum absolute atomic E-state index is 11.3. The van der Waals surface area contributed by atoms with Gasteiger partial charge >= 0.3 is 5.69 Å². The highest BCUT2D eigenvalue weighted by Crippen LogP contribution is 2.44. The van der Waals surface area contributed by atoms with E-state index in [2.05, 4.69) is 4.90 Å². The number of hydrogen-bond acceptors (Lipinski definition) is 6. The van der Waals surface area contributed by atoms with Gasteiger partial charge in [0.25, 0.3) is 0 Å². The summed E-state index contributed by atoms with van der Waals surface area (Å²) in [6.45, 7) is 2.93. The van der Waals surface area contributed by atoms with E-state index in [9.17, 15) is 15.2 Å². The summed E-state index contributed by atoms with van der Waals surface area (Å²) in [6, 6.07) is 1.74. The fourth-order valence-electron chi connectivity index (χ4n) is 3.11. The largest absolute Gasteiger partial charge is 0.388 e. The van der Waals surface area contributed by atoms with Crippen molar-refractivity contribution in [2.24, 2.45) is 0 Å². The van der Waals surface area contributed by atoms with E-state index in [4.69, 9.17) is 4.74 Å². The lowest BCUT2D eigenvalue weighted by Gasteiger charge is -2.37. The molecule has 110 valence electrons. The number of rotatable bonds is 3. The van der Waals surface area contributed by atoms with E-state index >= 15 is 0 Å². The van der Waals surface area contributed by atoms with Crippen molar-refractivity contribution in [2.75, 3.05) is 18.1 Å². The van der Waals surface area contributed by atoms with Crippen molar-refractivity contribution in [3.05, 3.63) is 21.1 Å². The summed E-state index contributed by atoms with van der Waals surface area (Å²) in [6.07, 6.45) is 2.68. The molecule has 0 aromatic carbocycles. The number of fused-ring (bicyclic) bond motifs is 1. The lowest BCUT2D eigenvalue weighted by Crippen LogP contribution is -2.48. The van der Waals surface area contributed by atoms with Gasteiger partial charge in [0.05, 0.1) is 29.8 Å². The second kappa shape index (κ2) is 5.31. The smallest absolute Gasteiger partial charge is 0.304 e. The third-order valence-electron chi connectivity index (χ3n) is 4.06. The zero-order valence-electron chi connectivity index (χ0n) is 11.3. The minimum Gasteiger partial charge on any atom is -0.388 e. The van der Waals surface area contributed by atoms with Crippen molar-refractivity contribution in [1.29, 1.82) is 0 Å². The topological polar surface area (TPSA) is 75.8 Å². The zero-order chi connectivity index (χ0) is 14.3. The molecule has 1 aromatic rings. The molecule has 0 radical (unpaired) electrons. The summed E-state index contributed by atoms with van der Waals surface area (Å²) in [5.74, 6) is 0. The number of aliphatic hydroxyl groups is 1. The number of hydrogen-bond donors (Lipinski definition) is 1. The number of thiophene rings is 1. The van der Waals surface area contributed by atoms with E-state index in [1.54, 1.807) is 6.92 Å². The van der Waals surface area contributed by atoms with Gasteiger partial charge in [-0.15, -0.1) is 11.3 Å². The van der Waals surface area contributed by atoms with E-state index in [1.807, 2.05) is 0 Å². The lowest BCUT2D eigenvalue weighted by molar-refractivity contribution is -0.383. The lowest BCUT2D eigenvalue weighted by atomic mass is 10.1. The van der Waals surface area contributed by atoms with Crippen LogP contribution in [0.15, 0.2) is 6.07 Å². The molecule has 1 aliphatic carbocycles. The van der Waals surface area contributed by atoms with Crippen LogP contribution in [-0.4, -0.2) is 35.3 Å². The molecule has 3 rings (SSSR count). The third-order valence-corrected chi connectivity index (χ3v) is 5.40. The second-order valence-electron chi connectivity index (χ2n) is 5.37. The van der Waals surface area contributed by atoms with Crippen LogP contribution in [0.4, 0.5) is 10.7 Å². The van der Waals surface area contributed by atoms with Gasteiger partial charge < -0.3 is 14.7 Å². The van der Waals surface area contributed by atoms with Crippen LogP contribution in [0.5, 0.6) is 0 Å². The quantitative estimate of drug-likeness (QED) is 0.685. The van der Waals surface area contributed by atoms with Gasteiger partial charge in [-0.05, 0) is 26.2 Å². The Morgan fingerprint density at radius 3 is 3.10 bits per heavy atom. The normalized spacial score (nSPS) is 27.4. The van der Waals surface area contributed by atoms with Crippen molar-refractivity contribution in [1.82, 2.24) is 0 Å². The molecule has 7 heteroatoms. The average Bonchev–Trinajstić information content (AvgIpc) is 3.04. The molecule has 1 aliphatic heterocycles. The van der Waals surface area contributed by atoms with Crippen molar-refractivity contribution in [2.45, 2.75) is 44.4 Å². The molecule has 6 nitrogen and oxygen atoms in total. The molecule has 1 saturated carbocycles. The number of nitro groups is 1. The van der Waals surface area contributed by atoms with Gasteiger partial charge in [0.1, 0.15) is 0 Å². The number of anilines is 1. The molecule has 20 heavy (non-hydrogen) atoms. The molecule has 0 bridgehead atoms. The molecule has 1 aromatic heterocycles. The Bertz CT molecular complexity index is 516. The van der Waals surface area contributed by atoms with Crippen LogP contribution in [0.3, 0.4) is 0 Å². The SMILES string of the molecule is CC(O)c1cc([N+](=O)[O-])c(N2CCOC3CCCC32)s1. The molecule has 2 fully saturated rings.